The van der Waals surface area contributed by atoms with Gasteiger partial charge in [0.1, 0.15) is 5.75 Å². The fourth-order valence-electron chi connectivity index (χ4n) is 1.93. The first-order valence-corrected chi connectivity index (χ1v) is 6.57. The Bertz CT molecular complexity index is 450. The molecule has 1 heterocycles. The standard InChI is InChI=1S/C15H19NO3/c1-2-19-14-5-3-4-13(12-14)6-7-15(17)16-8-10-18-11-9-16/h3-7,12H,2,8-11H2,1H3/b7-6+. The van der Waals surface area contributed by atoms with Gasteiger partial charge in [-0.2, -0.15) is 0 Å². The van der Waals surface area contributed by atoms with E-state index in [1.807, 2.05) is 37.3 Å². The van der Waals surface area contributed by atoms with Gasteiger partial charge in [0.2, 0.25) is 5.91 Å². The molecule has 0 N–H and O–H groups in total. The molecule has 1 aliphatic heterocycles. The van der Waals surface area contributed by atoms with Gasteiger partial charge in [-0.05, 0) is 30.7 Å². The van der Waals surface area contributed by atoms with E-state index < -0.39 is 0 Å². The first-order valence-electron chi connectivity index (χ1n) is 6.57. The van der Waals surface area contributed by atoms with E-state index in [-0.39, 0.29) is 5.91 Å². The summed E-state index contributed by atoms with van der Waals surface area (Å²) in [7, 11) is 0. The smallest absolute Gasteiger partial charge is 0.246 e. The van der Waals surface area contributed by atoms with Crippen molar-refractivity contribution in [2.24, 2.45) is 0 Å². The van der Waals surface area contributed by atoms with Crippen molar-refractivity contribution in [3.8, 4) is 5.75 Å². The molecule has 0 atom stereocenters. The fraction of sp³-hybridized carbons (Fsp3) is 0.400. The number of carbonyl (C=O) groups is 1. The highest BCUT2D eigenvalue weighted by Crippen LogP contribution is 2.14. The second-order valence-corrected chi connectivity index (χ2v) is 4.28. The van der Waals surface area contributed by atoms with Gasteiger partial charge in [0, 0.05) is 19.2 Å². The quantitative estimate of drug-likeness (QED) is 0.778. The van der Waals surface area contributed by atoms with Crippen LogP contribution in [0.5, 0.6) is 5.75 Å². The molecule has 0 unspecified atom stereocenters. The van der Waals surface area contributed by atoms with Gasteiger partial charge in [-0.1, -0.05) is 12.1 Å². The van der Waals surface area contributed by atoms with Gasteiger partial charge in [-0.15, -0.1) is 0 Å². The van der Waals surface area contributed by atoms with E-state index in [0.717, 1.165) is 11.3 Å². The lowest BCUT2D eigenvalue weighted by molar-refractivity contribution is -0.129. The van der Waals surface area contributed by atoms with Crippen molar-refractivity contribution in [3.63, 3.8) is 0 Å². The third kappa shape index (κ3) is 4.10. The Morgan fingerprint density at radius 1 is 1.42 bits per heavy atom. The molecule has 0 bridgehead atoms. The summed E-state index contributed by atoms with van der Waals surface area (Å²) in [5, 5.41) is 0. The minimum atomic E-state index is 0.0325. The van der Waals surface area contributed by atoms with E-state index in [2.05, 4.69) is 0 Å². The SMILES string of the molecule is CCOc1cccc(/C=C/C(=O)N2CCOCC2)c1. The summed E-state index contributed by atoms with van der Waals surface area (Å²) in [6, 6.07) is 7.70. The molecule has 0 aromatic heterocycles. The number of amides is 1. The van der Waals surface area contributed by atoms with E-state index in [0.29, 0.717) is 32.9 Å². The van der Waals surface area contributed by atoms with Crippen molar-refractivity contribution in [1.82, 2.24) is 4.90 Å². The normalized spacial score (nSPS) is 15.7. The molecule has 0 saturated carbocycles. The van der Waals surface area contributed by atoms with Gasteiger partial charge in [-0.25, -0.2) is 0 Å². The molecule has 1 amide bonds. The molecule has 1 aromatic carbocycles. The largest absolute Gasteiger partial charge is 0.494 e. The number of morpholine rings is 1. The van der Waals surface area contributed by atoms with Crippen molar-refractivity contribution in [2.45, 2.75) is 6.92 Å². The second-order valence-electron chi connectivity index (χ2n) is 4.28. The van der Waals surface area contributed by atoms with Gasteiger partial charge >= 0.3 is 0 Å². The molecule has 1 saturated heterocycles. The predicted octanol–water partition coefficient (Wildman–Crippen LogP) is 1.96. The monoisotopic (exact) mass is 261 g/mol. The highest BCUT2D eigenvalue weighted by molar-refractivity contribution is 5.91. The summed E-state index contributed by atoms with van der Waals surface area (Å²) in [6.45, 7) is 5.17. The zero-order chi connectivity index (χ0) is 13.5. The predicted molar refractivity (Wildman–Crippen MR) is 74.0 cm³/mol. The van der Waals surface area contributed by atoms with Gasteiger partial charge in [0.25, 0.3) is 0 Å². The molecule has 4 nitrogen and oxygen atoms in total. The average molecular weight is 261 g/mol. The maximum Gasteiger partial charge on any atom is 0.246 e. The van der Waals surface area contributed by atoms with Crippen LogP contribution in [0.4, 0.5) is 0 Å². The molecule has 0 aliphatic carbocycles. The van der Waals surface area contributed by atoms with Crippen LogP contribution in [0.15, 0.2) is 30.3 Å². The van der Waals surface area contributed by atoms with Crippen LogP contribution in [0.3, 0.4) is 0 Å². The lowest BCUT2D eigenvalue weighted by Gasteiger charge is -2.25. The van der Waals surface area contributed by atoms with Gasteiger partial charge in [0.15, 0.2) is 0 Å². The van der Waals surface area contributed by atoms with Crippen LogP contribution in [0, 0.1) is 0 Å². The van der Waals surface area contributed by atoms with Gasteiger partial charge < -0.3 is 14.4 Å². The molecular formula is C15H19NO3. The highest BCUT2D eigenvalue weighted by Gasteiger charge is 2.13. The van der Waals surface area contributed by atoms with E-state index >= 15 is 0 Å². The number of rotatable bonds is 4. The van der Waals surface area contributed by atoms with Crippen molar-refractivity contribution in [1.29, 1.82) is 0 Å². The Labute approximate surface area is 113 Å². The lowest BCUT2D eigenvalue weighted by atomic mass is 10.2. The summed E-state index contributed by atoms with van der Waals surface area (Å²) in [6.07, 6.45) is 3.43. The summed E-state index contributed by atoms with van der Waals surface area (Å²) in [5.74, 6) is 0.855. The summed E-state index contributed by atoms with van der Waals surface area (Å²) >= 11 is 0. The van der Waals surface area contributed by atoms with Gasteiger partial charge in [-0.3, -0.25) is 4.79 Å². The van der Waals surface area contributed by atoms with Crippen molar-refractivity contribution in [2.75, 3.05) is 32.9 Å². The molecule has 1 aromatic rings. The Morgan fingerprint density at radius 2 is 2.21 bits per heavy atom. The van der Waals surface area contributed by atoms with Crippen molar-refractivity contribution >= 4 is 12.0 Å². The first-order chi connectivity index (χ1) is 9.29. The molecule has 0 radical (unpaired) electrons. The zero-order valence-corrected chi connectivity index (χ0v) is 11.2. The number of hydrogen-bond acceptors (Lipinski definition) is 3. The first kappa shape index (κ1) is 13.6. The summed E-state index contributed by atoms with van der Waals surface area (Å²) in [5.41, 5.74) is 0.965. The third-order valence-electron chi connectivity index (χ3n) is 2.91. The summed E-state index contributed by atoms with van der Waals surface area (Å²) < 4.78 is 10.6. The maximum absolute atomic E-state index is 11.9. The number of carbonyl (C=O) groups excluding carboxylic acids is 1. The van der Waals surface area contributed by atoms with Crippen molar-refractivity contribution in [3.05, 3.63) is 35.9 Å². The molecule has 102 valence electrons. The van der Waals surface area contributed by atoms with Crippen LogP contribution >= 0.6 is 0 Å². The highest BCUT2D eigenvalue weighted by atomic mass is 16.5. The molecule has 4 heteroatoms. The topological polar surface area (TPSA) is 38.8 Å². The number of hydrogen-bond donors (Lipinski definition) is 0. The lowest BCUT2D eigenvalue weighted by Crippen LogP contribution is -2.39. The Morgan fingerprint density at radius 3 is 2.95 bits per heavy atom. The number of nitrogens with zero attached hydrogens (tertiary/aromatic N) is 1. The van der Waals surface area contributed by atoms with Gasteiger partial charge in [0.05, 0.1) is 19.8 Å². The molecule has 0 spiro atoms. The molecule has 19 heavy (non-hydrogen) atoms. The van der Waals surface area contributed by atoms with Crippen LogP contribution in [0.2, 0.25) is 0 Å². The van der Waals surface area contributed by atoms with Crippen LogP contribution in [-0.2, 0) is 9.53 Å². The minimum Gasteiger partial charge on any atom is -0.494 e. The number of ether oxygens (including phenoxy) is 2. The molecule has 2 rings (SSSR count). The fourth-order valence-corrected chi connectivity index (χ4v) is 1.93. The maximum atomic E-state index is 11.9. The molecule has 1 fully saturated rings. The van der Waals surface area contributed by atoms with E-state index in [1.54, 1.807) is 11.0 Å². The van der Waals surface area contributed by atoms with Crippen LogP contribution in [-0.4, -0.2) is 43.7 Å². The Hall–Kier alpha value is -1.81. The van der Waals surface area contributed by atoms with E-state index in [4.69, 9.17) is 9.47 Å². The average Bonchev–Trinajstić information content (AvgIpc) is 2.46. The Kier molecular flexibility index (Phi) is 4.98. The van der Waals surface area contributed by atoms with Crippen LogP contribution in [0.25, 0.3) is 6.08 Å². The summed E-state index contributed by atoms with van der Waals surface area (Å²) in [4.78, 5) is 13.7. The van der Waals surface area contributed by atoms with E-state index in [9.17, 15) is 4.79 Å². The third-order valence-corrected chi connectivity index (χ3v) is 2.91. The Balaban J connectivity index is 1.97. The molecule has 1 aliphatic rings. The second kappa shape index (κ2) is 6.95. The van der Waals surface area contributed by atoms with E-state index in [1.165, 1.54) is 0 Å². The van der Waals surface area contributed by atoms with Crippen LogP contribution in [0.1, 0.15) is 12.5 Å². The number of benzene rings is 1. The minimum absolute atomic E-state index is 0.0325. The van der Waals surface area contributed by atoms with Crippen LogP contribution < -0.4 is 4.74 Å². The zero-order valence-electron chi connectivity index (χ0n) is 11.2. The van der Waals surface area contributed by atoms with Crippen molar-refractivity contribution < 1.29 is 14.3 Å². The molecular weight excluding hydrogens is 242 g/mol.